The maximum atomic E-state index is 5.70. The van der Waals surface area contributed by atoms with Crippen molar-refractivity contribution in [2.24, 2.45) is 0 Å². The van der Waals surface area contributed by atoms with Gasteiger partial charge in [-0.2, -0.15) is 0 Å². The van der Waals surface area contributed by atoms with Crippen molar-refractivity contribution >= 4 is 9.28 Å². The Hall–Kier alpha value is 0.0969. The van der Waals surface area contributed by atoms with Gasteiger partial charge in [-0.25, -0.2) is 0 Å². The van der Waals surface area contributed by atoms with E-state index in [0.717, 1.165) is 19.1 Å². The van der Waals surface area contributed by atoms with Gasteiger partial charge in [-0.1, -0.05) is 26.7 Å². The molecule has 0 fully saturated rings. The van der Waals surface area contributed by atoms with Crippen LogP contribution in [-0.2, 0) is 13.6 Å². The van der Waals surface area contributed by atoms with Gasteiger partial charge in [0, 0.05) is 13.7 Å². The van der Waals surface area contributed by atoms with Crippen LogP contribution in [0.2, 0.25) is 6.04 Å². The third-order valence-electron chi connectivity index (χ3n) is 1.89. The second-order valence-corrected chi connectivity index (χ2v) is 5.41. The maximum absolute atomic E-state index is 5.70. The summed E-state index contributed by atoms with van der Waals surface area (Å²) >= 11 is 0. The number of ether oxygens (including phenoxy) is 1. The van der Waals surface area contributed by atoms with Crippen molar-refractivity contribution in [2.75, 3.05) is 26.9 Å². The van der Waals surface area contributed by atoms with Crippen molar-refractivity contribution in [1.29, 1.82) is 0 Å². The lowest BCUT2D eigenvalue weighted by atomic mass is 10.4. The Kier molecular flexibility index (Phi) is 11.3. The van der Waals surface area contributed by atoms with Crippen LogP contribution in [0.4, 0.5) is 0 Å². The van der Waals surface area contributed by atoms with Crippen molar-refractivity contribution in [1.82, 2.24) is 0 Å². The minimum Gasteiger partial charge on any atom is -0.397 e. The zero-order valence-electron chi connectivity index (χ0n) is 9.75. The topological polar surface area (TPSA) is 27.7 Å². The fraction of sp³-hybridized carbons (Fsp3) is 1.00. The second kappa shape index (κ2) is 11.2. The summed E-state index contributed by atoms with van der Waals surface area (Å²) < 4.78 is 16.3. The first-order valence-electron chi connectivity index (χ1n) is 5.57. The van der Waals surface area contributed by atoms with Crippen molar-refractivity contribution in [3.63, 3.8) is 0 Å². The van der Waals surface area contributed by atoms with Crippen LogP contribution in [0.25, 0.3) is 0 Å². The summed E-state index contributed by atoms with van der Waals surface area (Å²) in [5, 5.41) is 0. The van der Waals surface area contributed by atoms with Gasteiger partial charge < -0.3 is 13.6 Å². The summed E-state index contributed by atoms with van der Waals surface area (Å²) in [6, 6.07) is 1.13. The van der Waals surface area contributed by atoms with Crippen LogP contribution in [0, 0.1) is 0 Å². The van der Waals surface area contributed by atoms with Crippen LogP contribution < -0.4 is 0 Å². The highest BCUT2D eigenvalue weighted by atomic mass is 28.3. The molecule has 86 valence electrons. The Morgan fingerprint density at radius 3 is 2.21 bits per heavy atom. The molecule has 0 aromatic carbocycles. The van der Waals surface area contributed by atoms with E-state index >= 15 is 0 Å². The van der Waals surface area contributed by atoms with Gasteiger partial charge in [-0.05, 0) is 12.5 Å². The normalized spacial score (nSPS) is 13.1. The summed E-state index contributed by atoms with van der Waals surface area (Å²) in [6.45, 7) is 6.51. The minimum atomic E-state index is -1.38. The highest BCUT2D eigenvalue weighted by Gasteiger charge is 2.11. The molecule has 0 aromatic heterocycles. The molecule has 0 aliphatic carbocycles. The van der Waals surface area contributed by atoms with Gasteiger partial charge in [0.05, 0.1) is 13.2 Å². The van der Waals surface area contributed by atoms with Gasteiger partial charge >= 0.3 is 9.28 Å². The van der Waals surface area contributed by atoms with Crippen LogP contribution in [0.3, 0.4) is 0 Å². The molecule has 3 nitrogen and oxygen atoms in total. The van der Waals surface area contributed by atoms with Gasteiger partial charge in [0.2, 0.25) is 0 Å². The molecule has 1 unspecified atom stereocenters. The third kappa shape index (κ3) is 8.68. The molecular weight excluding hydrogens is 196 g/mol. The van der Waals surface area contributed by atoms with E-state index in [2.05, 4.69) is 13.8 Å². The third-order valence-corrected chi connectivity index (χ3v) is 3.99. The molecule has 0 radical (unpaired) electrons. The lowest BCUT2D eigenvalue weighted by Crippen LogP contribution is -2.25. The summed E-state index contributed by atoms with van der Waals surface area (Å²) in [5.74, 6) is 0. The number of hydrogen-bond donors (Lipinski definition) is 0. The van der Waals surface area contributed by atoms with Crippen molar-refractivity contribution < 1.29 is 13.6 Å². The van der Waals surface area contributed by atoms with E-state index in [1.165, 1.54) is 12.8 Å². The monoisotopic (exact) mass is 220 g/mol. The maximum Gasteiger partial charge on any atom is 0.321 e. The highest BCUT2D eigenvalue weighted by Crippen LogP contribution is 2.04. The van der Waals surface area contributed by atoms with Crippen molar-refractivity contribution in [3.05, 3.63) is 0 Å². The van der Waals surface area contributed by atoms with Crippen LogP contribution in [0.1, 0.15) is 33.1 Å². The van der Waals surface area contributed by atoms with E-state index in [1.54, 1.807) is 7.11 Å². The van der Waals surface area contributed by atoms with Gasteiger partial charge in [0.15, 0.2) is 0 Å². The Bertz CT molecular complexity index is 104. The fourth-order valence-corrected chi connectivity index (χ4v) is 3.13. The molecule has 0 N–H and O–H groups in total. The molecule has 0 heterocycles. The van der Waals surface area contributed by atoms with E-state index in [0.29, 0.717) is 13.2 Å². The van der Waals surface area contributed by atoms with Crippen LogP contribution in [0.5, 0.6) is 0 Å². The molecule has 0 amide bonds. The quantitative estimate of drug-likeness (QED) is 0.417. The number of hydrogen-bond acceptors (Lipinski definition) is 3. The molecule has 0 saturated heterocycles. The molecule has 14 heavy (non-hydrogen) atoms. The summed E-state index contributed by atoms with van der Waals surface area (Å²) in [4.78, 5) is 0. The molecule has 0 rings (SSSR count). The Morgan fingerprint density at radius 2 is 1.64 bits per heavy atom. The Balaban J connectivity index is 3.49. The van der Waals surface area contributed by atoms with Crippen LogP contribution in [0.15, 0.2) is 0 Å². The zero-order chi connectivity index (χ0) is 10.6. The summed E-state index contributed by atoms with van der Waals surface area (Å²) in [5.41, 5.74) is 0. The molecule has 0 saturated carbocycles. The predicted molar refractivity (Wildman–Crippen MR) is 60.9 cm³/mol. The molecule has 0 spiro atoms. The lowest BCUT2D eigenvalue weighted by molar-refractivity contribution is 0.121. The lowest BCUT2D eigenvalue weighted by Gasteiger charge is -2.15. The van der Waals surface area contributed by atoms with E-state index in [9.17, 15) is 0 Å². The second-order valence-electron chi connectivity index (χ2n) is 3.31. The van der Waals surface area contributed by atoms with Gasteiger partial charge in [-0.15, -0.1) is 0 Å². The zero-order valence-corrected chi connectivity index (χ0v) is 10.9. The first-order chi connectivity index (χ1) is 6.85. The van der Waals surface area contributed by atoms with Crippen LogP contribution in [-0.4, -0.2) is 36.2 Å². The average Bonchev–Trinajstić information content (AvgIpc) is 2.21. The first-order valence-corrected chi connectivity index (χ1v) is 7.33. The Morgan fingerprint density at radius 1 is 0.929 bits per heavy atom. The summed E-state index contributed by atoms with van der Waals surface area (Å²) in [7, 11) is 0.313. The molecular formula is C10H24O3Si. The van der Waals surface area contributed by atoms with Crippen LogP contribution >= 0.6 is 0 Å². The van der Waals surface area contributed by atoms with Crippen molar-refractivity contribution in [3.8, 4) is 0 Å². The summed E-state index contributed by atoms with van der Waals surface area (Å²) in [6.07, 6.45) is 3.50. The van der Waals surface area contributed by atoms with Gasteiger partial charge in [0.1, 0.15) is 0 Å². The smallest absolute Gasteiger partial charge is 0.321 e. The Labute approximate surface area is 89.6 Å². The number of methoxy groups -OCH3 is 1. The fourth-order valence-electron chi connectivity index (χ4n) is 1.10. The number of rotatable bonds is 10. The molecule has 4 heteroatoms. The van der Waals surface area contributed by atoms with Crippen molar-refractivity contribution in [2.45, 2.75) is 39.2 Å². The average molecular weight is 220 g/mol. The van der Waals surface area contributed by atoms with E-state index in [1.807, 2.05) is 0 Å². The predicted octanol–water partition coefficient (Wildman–Crippen LogP) is 2.10. The van der Waals surface area contributed by atoms with E-state index in [-0.39, 0.29) is 0 Å². The standard InChI is InChI=1S/C10H24O3Si/c1-4-6-10-14(12-7-5-2)13-9-8-11-3/h14H,4-10H2,1-3H3. The SMILES string of the molecule is CCCC[SiH](OCCC)OCCOC. The molecule has 0 aliphatic rings. The van der Waals surface area contributed by atoms with Gasteiger partial charge in [0.25, 0.3) is 0 Å². The number of unbranched alkanes of at least 4 members (excludes halogenated alkanes) is 1. The molecule has 0 aromatic rings. The molecule has 0 bridgehead atoms. The van der Waals surface area contributed by atoms with E-state index < -0.39 is 9.28 Å². The van der Waals surface area contributed by atoms with Gasteiger partial charge in [-0.3, -0.25) is 0 Å². The molecule has 1 atom stereocenters. The highest BCUT2D eigenvalue weighted by molar-refractivity contribution is 6.44. The first kappa shape index (κ1) is 14.1. The minimum absolute atomic E-state index is 0.672. The van der Waals surface area contributed by atoms with E-state index in [4.69, 9.17) is 13.6 Å². The largest absolute Gasteiger partial charge is 0.397 e. The molecule has 0 aliphatic heterocycles.